The molecule has 2 aromatic heterocycles. The van der Waals surface area contributed by atoms with Gasteiger partial charge in [0, 0.05) is 12.7 Å². The van der Waals surface area contributed by atoms with Crippen LogP contribution in [-0.4, -0.2) is 26.5 Å². The molecule has 0 aromatic carbocycles. The summed E-state index contributed by atoms with van der Waals surface area (Å²) in [6.07, 6.45) is 3.89. The van der Waals surface area contributed by atoms with Crippen LogP contribution in [0.1, 0.15) is 6.92 Å². The van der Waals surface area contributed by atoms with Gasteiger partial charge in [-0.25, -0.2) is 9.97 Å². The third-order valence-electron chi connectivity index (χ3n) is 2.48. The molecule has 0 bridgehead atoms. The standard InChI is InChI=1S/C11H16N4S/c1-8(7-16-2)6-15-10-9(14-11(15)12)4-3-5-13-10/h3-5,8H,6-7H2,1-2H3,(H2,12,14). The van der Waals surface area contributed by atoms with Crippen molar-refractivity contribution in [1.29, 1.82) is 0 Å². The minimum Gasteiger partial charge on any atom is -0.369 e. The number of hydrogen-bond acceptors (Lipinski definition) is 4. The number of nitrogens with two attached hydrogens (primary N) is 1. The zero-order valence-corrected chi connectivity index (χ0v) is 10.4. The van der Waals surface area contributed by atoms with Gasteiger partial charge in [0.1, 0.15) is 5.52 Å². The summed E-state index contributed by atoms with van der Waals surface area (Å²) in [5, 5.41) is 0. The number of nitrogen functional groups attached to an aromatic ring is 1. The summed E-state index contributed by atoms with van der Waals surface area (Å²) in [6, 6.07) is 3.82. The highest BCUT2D eigenvalue weighted by Gasteiger charge is 2.11. The third-order valence-corrected chi connectivity index (χ3v) is 3.38. The van der Waals surface area contributed by atoms with Crippen molar-refractivity contribution in [3.05, 3.63) is 18.3 Å². The van der Waals surface area contributed by atoms with Gasteiger partial charge < -0.3 is 5.73 Å². The van der Waals surface area contributed by atoms with Gasteiger partial charge in [0.2, 0.25) is 5.95 Å². The Bertz CT molecular complexity index is 480. The fourth-order valence-corrected chi connectivity index (χ4v) is 2.48. The quantitative estimate of drug-likeness (QED) is 0.882. The lowest BCUT2D eigenvalue weighted by molar-refractivity contribution is 0.544. The highest BCUT2D eigenvalue weighted by atomic mass is 32.2. The van der Waals surface area contributed by atoms with E-state index in [9.17, 15) is 0 Å². The third kappa shape index (κ3) is 2.14. The summed E-state index contributed by atoms with van der Waals surface area (Å²) >= 11 is 1.85. The molecule has 0 spiro atoms. The average Bonchev–Trinajstić information content (AvgIpc) is 2.56. The van der Waals surface area contributed by atoms with Crippen LogP contribution in [0.4, 0.5) is 5.95 Å². The minimum absolute atomic E-state index is 0.557. The minimum atomic E-state index is 0.557. The molecule has 0 aliphatic heterocycles. The molecule has 0 fully saturated rings. The molecule has 0 saturated carbocycles. The predicted octanol–water partition coefficient (Wildman–Crippen LogP) is 2.01. The Morgan fingerprint density at radius 1 is 1.56 bits per heavy atom. The molecular weight excluding hydrogens is 220 g/mol. The lowest BCUT2D eigenvalue weighted by atomic mass is 10.2. The van der Waals surface area contributed by atoms with Gasteiger partial charge in [-0.2, -0.15) is 11.8 Å². The van der Waals surface area contributed by atoms with E-state index in [0.29, 0.717) is 11.9 Å². The number of anilines is 1. The Balaban J connectivity index is 2.32. The van der Waals surface area contributed by atoms with Crippen molar-refractivity contribution in [1.82, 2.24) is 14.5 Å². The van der Waals surface area contributed by atoms with Crippen LogP contribution < -0.4 is 5.73 Å². The summed E-state index contributed by atoms with van der Waals surface area (Å²) in [5.41, 5.74) is 7.66. The van der Waals surface area contributed by atoms with E-state index < -0.39 is 0 Å². The SMILES string of the molecule is CSCC(C)Cn1c(N)nc2cccnc21. The Morgan fingerprint density at radius 3 is 3.12 bits per heavy atom. The molecule has 0 amide bonds. The zero-order chi connectivity index (χ0) is 11.5. The molecule has 1 atom stereocenters. The molecule has 2 rings (SSSR count). The largest absolute Gasteiger partial charge is 0.369 e. The van der Waals surface area contributed by atoms with E-state index in [1.807, 2.05) is 28.5 Å². The summed E-state index contributed by atoms with van der Waals surface area (Å²) in [5.74, 6) is 2.24. The van der Waals surface area contributed by atoms with Crippen molar-refractivity contribution in [3.63, 3.8) is 0 Å². The molecule has 86 valence electrons. The fraction of sp³-hybridized carbons (Fsp3) is 0.455. The molecule has 2 N–H and O–H groups in total. The molecule has 16 heavy (non-hydrogen) atoms. The molecule has 5 heteroatoms. The molecule has 0 saturated heterocycles. The Hall–Kier alpha value is -1.23. The van der Waals surface area contributed by atoms with Crippen LogP contribution >= 0.6 is 11.8 Å². The van der Waals surface area contributed by atoms with Gasteiger partial charge in [-0.05, 0) is 30.1 Å². The second kappa shape index (κ2) is 4.74. The molecule has 2 aromatic rings. The van der Waals surface area contributed by atoms with E-state index in [1.165, 1.54) is 0 Å². The second-order valence-corrected chi connectivity index (χ2v) is 4.90. The smallest absolute Gasteiger partial charge is 0.202 e. The second-order valence-electron chi connectivity index (χ2n) is 3.99. The van der Waals surface area contributed by atoms with Crippen LogP contribution in [0.3, 0.4) is 0 Å². The van der Waals surface area contributed by atoms with Gasteiger partial charge >= 0.3 is 0 Å². The van der Waals surface area contributed by atoms with Crippen molar-refractivity contribution in [2.24, 2.45) is 5.92 Å². The summed E-state index contributed by atoms with van der Waals surface area (Å²) in [6.45, 7) is 3.09. The monoisotopic (exact) mass is 236 g/mol. The lowest BCUT2D eigenvalue weighted by Gasteiger charge is -2.11. The molecule has 2 heterocycles. The number of nitrogens with zero attached hydrogens (tertiary/aromatic N) is 3. The molecule has 1 unspecified atom stereocenters. The van der Waals surface area contributed by atoms with Crippen LogP contribution in [0.2, 0.25) is 0 Å². The Labute approximate surface area is 99.3 Å². The van der Waals surface area contributed by atoms with Crippen molar-refractivity contribution >= 4 is 28.9 Å². The van der Waals surface area contributed by atoms with E-state index in [4.69, 9.17) is 5.73 Å². The number of fused-ring (bicyclic) bond motifs is 1. The van der Waals surface area contributed by atoms with Gasteiger partial charge in [-0.3, -0.25) is 4.57 Å². The molecule has 0 aliphatic carbocycles. The van der Waals surface area contributed by atoms with Crippen molar-refractivity contribution < 1.29 is 0 Å². The first kappa shape index (κ1) is 11.3. The maximum atomic E-state index is 5.90. The lowest BCUT2D eigenvalue weighted by Crippen LogP contribution is -2.12. The van der Waals surface area contributed by atoms with Crippen LogP contribution in [0.5, 0.6) is 0 Å². The van der Waals surface area contributed by atoms with Crippen LogP contribution in [0, 0.1) is 5.92 Å². The van der Waals surface area contributed by atoms with Crippen molar-refractivity contribution in [2.75, 3.05) is 17.7 Å². The maximum Gasteiger partial charge on any atom is 0.202 e. The maximum absolute atomic E-state index is 5.90. The van der Waals surface area contributed by atoms with E-state index in [0.717, 1.165) is 23.5 Å². The van der Waals surface area contributed by atoms with Gasteiger partial charge in [0.05, 0.1) is 0 Å². The van der Waals surface area contributed by atoms with Crippen molar-refractivity contribution in [3.8, 4) is 0 Å². The zero-order valence-electron chi connectivity index (χ0n) is 9.55. The number of imidazole rings is 1. The van der Waals surface area contributed by atoms with Crippen molar-refractivity contribution in [2.45, 2.75) is 13.5 Å². The molecule has 0 radical (unpaired) electrons. The summed E-state index contributed by atoms with van der Waals surface area (Å²) in [7, 11) is 0. The van der Waals surface area contributed by atoms with E-state index in [2.05, 4.69) is 23.1 Å². The van der Waals surface area contributed by atoms with Gasteiger partial charge in [0.25, 0.3) is 0 Å². The molecule has 4 nitrogen and oxygen atoms in total. The van der Waals surface area contributed by atoms with Gasteiger partial charge in [0.15, 0.2) is 5.65 Å². The normalized spacial score (nSPS) is 13.1. The fourth-order valence-electron chi connectivity index (χ4n) is 1.80. The van der Waals surface area contributed by atoms with E-state index >= 15 is 0 Å². The average molecular weight is 236 g/mol. The number of aromatic nitrogens is 3. The molecule has 0 aliphatic rings. The highest BCUT2D eigenvalue weighted by molar-refractivity contribution is 7.98. The first-order chi connectivity index (χ1) is 7.72. The van der Waals surface area contributed by atoms with E-state index in [-0.39, 0.29) is 0 Å². The predicted molar refractivity (Wildman–Crippen MR) is 69.5 cm³/mol. The topological polar surface area (TPSA) is 56.7 Å². The number of hydrogen-bond donors (Lipinski definition) is 1. The highest BCUT2D eigenvalue weighted by Crippen LogP contribution is 2.18. The Kier molecular flexibility index (Phi) is 3.33. The summed E-state index contributed by atoms with van der Waals surface area (Å²) < 4.78 is 2.00. The summed E-state index contributed by atoms with van der Waals surface area (Å²) in [4.78, 5) is 8.63. The Morgan fingerprint density at radius 2 is 2.38 bits per heavy atom. The molecular formula is C11H16N4S. The van der Waals surface area contributed by atoms with Crippen LogP contribution in [-0.2, 0) is 6.54 Å². The first-order valence-electron chi connectivity index (χ1n) is 5.28. The first-order valence-corrected chi connectivity index (χ1v) is 6.67. The van der Waals surface area contributed by atoms with Crippen LogP contribution in [0.15, 0.2) is 18.3 Å². The van der Waals surface area contributed by atoms with Gasteiger partial charge in [-0.1, -0.05) is 6.92 Å². The van der Waals surface area contributed by atoms with Gasteiger partial charge in [-0.15, -0.1) is 0 Å². The number of rotatable bonds is 4. The number of pyridine rings is 1. The van der Waals surface area contributed by atoms with E-state index in [1.54, 1.807) is 6.20 Å². The number of thioether (sulfide) groups is 1. The van der Waals surface area contributed by atoms with Crippen LogP contribution in [0.25, 0.3) is 11.2 Å².